The van der Waals surface area contributed by atoms with Crippen molar-refractivity contribution in [3.05, 3.63) is 51.9 Å². The van der Waals surface area contributed by atoms with Crippen LogP contribution in [0.1, 0.15) is 35.6 Å². The summed E-state index contributed by atoms with van der Waals surface area (Å²) in [5.41, 5.74) is 2.28. The van der Waals surface area contributed by atoms with Crippen LogP contribution in [0.4, 0.5) is 0 Å². The molecule has 1 N–H and O–H groups in total. The number of nitrogens with one attached hydrogen (secondary N) is 1. The van der Waals surface area contributed by atoms with E-state index < -0.39 is 0 Å². The summed E-state index contributed by atoms with van der Waals surface area (Å²) < 4.78 is 11.1. The van der Waals surface area contributed by atoms with Gasteiger partial charge in [0.25, 0.3) is 0 Å². The lowest BCUT2D eigenvalue weighted by atomic mass is 9.98. The number of furan rings is 1. The third kappa shape index (κ3) is 3.80. The predicted molar refractivity (Wildman–Crippen MR) is 86.3 cm³/mol. The zero-order chi connectivity index (χ0) is 15.4. The molecule has 0 aliphatic carbocycles. The van der Waals surface area contributed by atoms with Crippen LogP contribution < -0.4 is 10.1 Å². The van der Waals surface area contributed by atoms with Gasteiger partial charge < -0.3 is 14.5 Å². The van der Waals surface area contributed by atoms with Crippen LogP contribution in [0, 0.1) is 13.8 Å². The number of rotatable bonds is 6. The molecule has 3 nitrogen and oxygen atoms in total. The van der Waals surface area contributed by atoms with Gasteiger partial charge in [-0.3, -0.25) is 0 Å². The van der Waals surface area contributed by atoms with Crippen LogP contribution in [0.25, 0.3) is 0 Å². The Labute approximate surface area is 131 Å². The highest BCUT2D eigenvalue weighted by atomic mass is 35.5. The Morgan fingerprint density at radius 3 is 2.62 bits per heavy atom. The van der Waals surface area contributed by atoms with E-state index in [1.54, 1.807) is 7.11 Å². The summed E-state index contributed by atoms with van der Waals surface area (Å²) in [7, 11) is 1.68. The van der Waals surface area contributed by atoms with Crippen LogP contribution in [-0.2, 0) is 6.42 Å². The Hall–Kier alpha value is -1.45. The highest BCUT2D eigenvalue weighted by molar-refractivity contribution is 6.30. The zero-order valence-electron chi connectivity index (χ0n) is 13.0. The van der Waals surface area contributed by atoms with Crippen molar-refractivity contribution in [2.45, 2.75) is 33.2 Å². The highest BCUT2D eigenvalue weighted by Crippen LogP contribution is 2.30. The molecule has 0 aliphatic rings. The topological polar surface area (TPSA) is 34.4 Å². The fourth-order valence-corrected chi connectivity index (χ4v) is 2.86. The number of ether oxygens (including phenoxy) is 1. The minimum absolute atomic E-state index is 0.180. The number of methoxy groups -OCH3 is 1. The van der Waals surface area contributed by atoms with Gasteiger partial charge in [-0.2, -0.15) is 0 Å². The fraction of sp³-hybridized carbons (Fsp3) is 0.412. The van der Waals surface area contributed by atoms with Gasteiger partial charge in [-0.05, 0) is 56.6 Å². The molecule has 0 amide bonds. The van der Waals surface area contributed by atoms with Gasteiger partial charge in [0.05, 0.1) is 7.11 Å². The van der Waals surface area contributed by atoms with E-state index in [-0.39, 0.29) is 6.04 Å². The van der Waals surface area contributed by atoms with Crippen molar-refractivity contribution in [2.75, 3.05) is 13.7 Å². The fourth-order valence-electron chi connectivity index (χ4n) is 2.66. The second-order valence-corrected chi connectivity index (χ2v) is 5.58. The van der Waals surface area contributed by atoms with E-state index in [2.05, 4.69) is 18.3 Å². The zero-order valence-corrected chi connectivity index (χ0v) is 13.8. The molecule has 0 saturated carbocycles. The SMILES string of the molecule is CCNC(Cc1cc(Cl)ccc1OC)c1cc(C)oc1C. The smallest absolute Gasteiger partial charge is 0.122 e. The summed E-state index contributed by atoms with van der Waals surface area (Å²) in [6, 6.07) is 8.00. The Kier molecular flexibility index (Phi) is 5.32. The van der Waals surface area contributed by atoms with Gasteiger partial charge in [0.2, 0.25) is 0 Å². The number of hydrogen-bond donors (Lipinski definition) is 1. The number of aryl methyl sites for hydroxylation is 2. The maximum atomic E-state index is 6.12. The van der Waals surface area contributed by atoms with Crippen molar-refractivity contribution in [2.24, 2.45) is 0 Å². The van der Waals surface area contributed by atoms with Crippen LogP contribution in [0.3, 0.4) is 0 Å². The minimum atomic E-state index is 0.180. The molecule has 1 aromatic heterocycles. The van der Waals surface area contributed by atoms with E-state index >= 15 is 0 Å². The third-order valence-corrected chi connectivity index (χ3v) is 3.81. The summed E-state index contributed by atoms with van der Waals surface area (Å²) >= 11 is 6.12. The van der Waals surface area contributed by atoms with E-state index in [1.807, 2.05) is 32.0 Å². The lowest BCUT2D eigenvalue weighted by molar-refractivity contribution is 0.405. The van der Waals surface area contributed by atoms with Crippen LogP contribution in [-0.4, -0.2) is 13.7 Å². The van der Waals surface area contributed by atoms with E-state index in [9.17, 15) is 0 Å². The molecule has 2 aromatic rings. The molecule has 1 atom stereocenters. The normalized spacial score (nSPS) is 12.4. The Morgan fingerprint density at radius 2 is 2.05 bits per heavy atom. The predicted octanol–water partition coefficient (Wildman–Crippen LogP) is 4.45. The van der Waals surface area contributed by atoms with E-state index in [4.69, 9.17) is 20.8 Å². The van der Waals surface area contributed by atoms with Crippen molar-refractivity contribution in [1.29, 1.82) is 0 Å². The van der Waals surface area contributed by atoms with Gasteiger partial charge in [0.1, 0.15) is 17.3 Å². The maximum Gasteiger partial charge on any atom is 0.122 e. The summed E-state index contributed by atoms with van der Waals surface area (Å²) in [5.74, 6) is 2.75. The molecule has 2 rings (SSSR count). The molecule has 1 heterocycles. The van der Waals surface area contributed by atoms with Crippen LogP contribution in [0.15, 0.2) is 28.7 Å². The molecule has 1 aromatic carbocycles. The Morgan fingerprint density at radius 1 is 1.29 bits per heavy atom. The first kappa shape index (κ1) is 15.9. The van der Waals surface area contributed by atoms with Gasteiger partial charge in [-0.1, -0.05) is 18.5 Å². The molecule has 4 heteroatoms. The van der Waals surface area contributed by atoms with Crippen molar-refractivity contribution in [3.8, 4) is 5.75 Å². The standard InChI is InChI=1S/C17H22ClNO2/c1-5-19-16(15-8-11(2)21-12(15)3)10-13-9-14(18)6-7-17(13)20-4/h6-9,16,19H,5,10H2,1-4H3. The quantitative estimate of drug-likeness (QED) is 0.856. The summed E-state index contributed by atoms with van der Waals surface area (Å²) in [6.45, 7) is 6.96. The molecule has 0 aliphatic heterocycles. The molecule has 0 fully saturated rings. The first-order valence-electron chi connectivity index (χ1n) is 7.17. The Bertz CT molecular complexity index is 607. The molecule has 0 saturated heterocycles. The molecule has 0 bridgehead atoms. The second-order valence-electron chi connectivity index (χ2n) is 5.14. The molecular formula is C17H22ClNO2. The van der Waals surface area contributed by atoms with Crippen molar-refractivity contribution >= 4 is 11.6 Å². The van der Waals surface area contributed by atoms with Crippen LogP contribution in [0.5, 0.6) is 5.75 Å². The number of likely N-dealkylation sites (N-methyl/N-ethyl adjacent to an activating group) is 1. The monoisotopic (exact) mass is 307 g/mol. The second kappa shape index (κ2) is 7.01. The van der Waals surface area contributed by atoms with E-state index in [0.29, 0.717) is 0 Å². The summed E-state index contributed by atoms with van der Waals surface area (Å²) in [6.07, 6.45) is 0.803. The van der Waals surface area contributed by atoms with Gasteiger partial charge in [-0.15, -0.1) is 0 Å². The number of halogens is 1. The number of benzene rings is 1. The first-order valence-corrected chi connectivity index (χ1v) is 7.55. The molecule has 1 unspecified atom stereocenters. The van der Waals surface area contributed by atoms with E-state index in [1.165, 1.54) is 5.56 Å². The highest BCUT2D eigenvalue weighted by Gasteiger charge is 2.19. The van der Waals surface area contributed by atoms with Crippen molar-refractivity contribution in [1.82, 2.24) is 5.32 Å². The lowest BCUT2D eigenvalue weighted by Crippen LogP contribution is -2.23. The molecular weight excluding hydrogens is 286 g/mol. The summed E-state index contributed by atoms with van der Waals surface area (Å²) in [4.78, 5) is 0. The lowest BCUT2D eigenvalue weighted by Gasteiger charge is -2.19. The average Bonchev–Trinajstić information content (AvgIpc) is 2.77. The number of hydrogen-bond acceptors (Lipinski definition) is 3. The van der Waals surface area contributed by atoms with E-state index in [0.717, 1.165) is 40.8 Å². The van der Waals surface area contributed by atoms with Gasteiger partial charge in [0, 0.05) is 16.6 Å². The maximum absolute atomic E-state index is 6.12. The van der Waals surface area contributed by atoms with Gasteiger partial charge in [0.15, 0.2) is 0 Å². The van der Waals surface area contributed by atoms with Crippen molar-refractivity contribution in [3.63, 3.8) is 0 Å². The van der Waals surface area contributed by atoms with Crippen LogP contribution in [0.2, 0.25) is 5.02 Å². The average molecular weight is 308 g/mol. The third-order valence-electron chi connectivity index (χ3n) is 3.57. The van der Waals surface area contributed by atoms with Crippen LogP contribution >= 0.6 is 11.6 Å². The van der Waals surface area contributed by atoms with Gasteiger partial charge >= 0.3 is 0 Å². The molecule has 114 valence electrons. The molecule has 21 heavy (non-hydrogen) atoms. The van der Waals surface area contributed by atoms with Gasteiger partial charge in [-0.25, -0.2) is 0 Å². The van der Waals surface area contributed by atoms with Crippen molar-refractivity contribution < 1.29 is 9.15 Å². The molecule has 0 spiro atoms. The largest absolute Gasteiger partial charge is 0.496 e. The summed E-state index contributed by atoms with van der Waals surface area (Å²) in [5, 5.41) is 4.24. The first-order chi connectivity index (χ1) is 10.0. The minimum Gasteiger partial charge on any atom is -0.496 e. The molecule has 0 radical (unpaired) electrons. The Balaban J connectivity index is 2.32.